The molecular formula is C11H15OSi. The topological polar surface area (TPSA) is 9.23 Å². The normalized spacial score (nSPS) is 13.3. The van der Waals surface area contributed by atoms with E-state index in [1.165, 1.54) is 11.1 Å². The zero-order chi connectivity index (χ0) is 9.84. The highest BCUT2D eigenvalue weighted by molar-refractivity contribution is 5.98. The SMILES string of the molecule is CC(C)c1ccccc1C(C)O[Si]. The van der Waals surface area contributed by atoms with Crippen LogP contribution in [-0.4, -0.2) is 10.5 Å². The van der Waals surface area contributed by atoms with E-state index < -0.39 is 0 Å². The third-order valence-corrected chi connectivity index (χ3v) is 2.59. The van der Waals surface area contributed by atoms with Gasteiger partial charge in [-0.3, -0.25) is 0 Å². The Labute approximate surface area is 83.7 Å². The molecule has 2 heteroatoms. The molecule has 0 fully saturated rings. The fourth-order valence-electron chi connectivity index (χ4n) is 1.47. The summed E-state index contributed by atoms with van der Waals surface area (Å²) in [7, 11) is 3.08. The largest absolute Gasteiger partial charge is 0.412 e. The first-order valence-corrected chi connectivity index (χ1v) is 4.98. The van der Waals surface area contributed by atoms with Crippen LogP contribution in [0.5, 0.6) is 0 Å². The van der Waals surface area contributed by atoms with E-state index >= 15 is 0 Å². The lowest BCUT2D eigenvalue weighted by atomic mass is 9.95. The first kappa shape index (κ1) is 10.5. The molecule has 0 amide bonds. The van der Waals surface area contributed by atoms with Gasteiger partial charge in [0.05, 0.1) is 6.10 Å². The van der Waals surface area contributed by atoms with Gasteiger partial charge in [-0.15, -0.1) is 0 Å². The molecule has 0 heterocycles. The molecule has 0 bridgehead atoms. The van der Waals surface area contributed by atoms with E-state index in [4.69, 9.17) is 4.43 Å². The van der Waals surface area contributed by atoms with Crippen molar-refractivity contribution in [2.24, 2.45) is 0 Å². The second-order valence-electron chi connectivity index (χ2n) is 3.54. The van der Waals surface area contributed by atoms with Crippen LogP contribution in [0.4, 0.5) is 0 Å². The van der Waals surface area contributed by atoms with E-state index in [1.54, 1.807) is 0 Å². The van der Waals surface area contributed by atoms with Gasteiger partial charge >= 0.3 is 0 Å². The summed E-state index contributed by atoms with van der Waals surface area (Å²) in [6, 6.07) is 8.38. The van der Waals surface area contributed by atoms with Crippen LogP contribution in [0.3, 0.4) is 0 Å². The average molecular weight is 191 g/mol. The molecule has 1 rings (SSSR count). The van der Waals surface area contributed by atoms with Gasteiger partial charge in [0.2, 0.25) is 10.5 Å². The lowest BCUT2D eigenvalue weighted by molar-refractivity contribution is 0.249. The maximum Gasteiger partial charge on any atom is 0.247 e. The van der Waals surface area contributed by atoms with Gasteiger partial charge in [-0.25, -0.2) is 0 Å². The molecule has 1 atom stereocenters. The van der Waals surface area contributed by atoms with Crippen molar-refractivity contribution in [1.29, 1.82) is 0 Å². The lowest BCUT2D eigenvalue weighted by Gasteiger charge is -2.17. The van der Waals surface area contributed by atoms with Crippen LogP contribution in [0.25, 0.3) is 0 Å². The zero-order valence-corrected chi connectivity index (χ0v) is 9.37. The summed E-state index contributed by atoms with van der Waals surface area (Å²) in [5, 5.41) is 0. The average Bonchev–Trinajstić information content (AvgIpc) is 2.16. The van der Waals surface area contributed by atoms with Crippen molar-refractivity contribution in [2.75, 3.05) is 0 Å². The summed E-state index contributed by atoms with van der Waals surface area (Å²) >= 11 is 0. The Kier molecular flexibility index (Phi) is 3.69. The van der Waals surface area contributed by atoms with E-state index in [1.807, 2.05) is 13.0 Å². The maximum absolute atomic E-state index is 5.13. The van der Waals surface area contributed by atoms with Gasteiger partial charge in [0.1, 0.15) is 0 Å². The molecule has 0 N–H and O–H groups in total. The van der Waals surface area contributed by atoms with Gasteiger partial charge in [0.15, 0.2) is 0 Å². The highest BCUT2D eigenvalue weighted by atomic mass is 28.2. The van der Waals surface area contributed by atoms with Gasteiger partial charge in [0, 0.05) is 0 Å². The van der Waals surface area contributed by atoms with Gasteiger partial charge in [-0.05, 0) is 24.0 Å². The third-order valence-electron chi connectivity index (χ3n) is 2.23. The fourth-order valence-corrected chi connectivity index (χ4v) is 1.60. The molecule has 0 saturated heterocycles. The van der Waals surface area contributed by atoms with Crippen molar-refractivity contribution >= 4 is 10.5 Å². The van der Waals surface area contributed by atoms with E-state index in [9.17, 15) is 0 Å². The minimum absolute atomic E-state index is 0.107. The molecular weight excluding hydrogens is 176 g/mol. The Morgan fingerprint density at radius 3 is 2.08 bits per heavy atom. The smallest absolute Gasteiger partial charge is 0.247 e. The van der Waals surface area contributed by atoms with Crippen molar-refractivity contribution < 1.29 is 4.43 Å². The van der Waals surface area contributed by atoms with Crippen LogP contribution in [0.15, 0.2) is 24.3 Å². The Morgan fingerprint density at radius 2 is 1.62 bits per heavy atom. The second-order valence-corrected chi connectivity index (χ2v) is 3.78. The summed E-state index contributed by atoms with van der Waals surface area (Å²) in [6.45, 7) is 6.42. The third kappa shape index (κ3) is 2.42. The van der Waals surface area contributed by atoms with Gasteiger partial charge in [-0.1, -0.05) is 38.1 Å². The number of hydrogen-bond acceptors (Lipinski definition) is 1. The van der Waals surface area contributed by atoms with E-state index in [0.29, 0.717) is 5.92 Å². The molecule has 0 aliphatic heterocycles. The Balaban J connectivity index is 3.04. The summed E-state index contributed by atoms with van der Waals surface area (Å²) in [4.78, 5) is 0. The Morgan fingerprint density at radius 1 is 1.08 bits per heavy atom. The molecule has 0 aliphatic rings. The van der Waals surface area contributed by atoms with Gasteiger partial charge < -0.3 is 4.43 Å². The van der Waals surface area contributed by atoms with Gasteiger partial charge in [-0.2, -0.15) is 0 Å². The zero-order valence-electron chi connectivity index (χ0n) is 8.37. The molecule has 1 aromatic carbocycles. The van der Waals surface area contributed by atoms with Gasteiger partial charge in [0.25, 0.3) is 0 Å². The quantitative estimate of drug-likeness (QED) is 0.667. The van der Waals surface area contributed by atoms with Crippen LogP contribution in [0.2, 0.25) is 0 Å². The molecule has 1 nitrogen and oxygen atoms in total. The summed E-state index contributed by atoms with van der Waals surface area (Å²) in [5.74, 6) is 0.542. The maximum atomic E-state index is 5.13. The summed E-state index contributed by atoms with van der Waals surface area (Å²) in [6.07, 6.45) is 0.107. The standard InChI is InChI=1S/C11H15OSi/c1-8(2)10-6-4-5-7-11(10)9(3)12-13/h4-9H,1-3H3. The molecule has 1 unspecified atom stereocenters. The van der Waals surface area contributed by atoms with Crippen molar-refractivity contribution in [3.63, 3.8) is 0 Å². The van der Waals surface area contributed by atoms with Crippen LogP contribution < -0.4 is 0 Å². The Bertz CT molecular complexity index is 271. The highest BCUT2D eigenvalue weighted by Crippen LogP contribution is 2.25. The molecule has 3 radical (unpaired) electrons. The first-order valence-electron chi connectivity index (χ1n) is 4.58. The van der Waals surface area contributed by atoms with Crippen LogP contribution in [0, 0.1) is 0 Å². The molecule has 69 valence electrons. The fraction of sp³-hybridized carbons (Fsp3) is 0.455. The van der Waals surface area contributed by atoms with Crippen LogP contribution in [-0.2, 0) is 4.43 Å². The van der Waals surface area contributed by atoms with E-state index in [2.05, 4.69) is 42.5 Å². The predicted octanol–water partition coefficient (Wildman–Crippen LogP) is 2.97. The molecule has 0 spiro atoms. The monoisotopic (exact) mass is 191 g/mol. The molecule has 13 heavy (non-hydrogen) atoms. The number of benzene rings is 1. The van der Waals surface area contributed by atoms with Crippen molar-refractivity contribution in [2.45, 2.75) is 32.8 Å². The summed E-state index contributed by atoms with van der Waals surface area (Å²) in [5.41, 5.74) is 2.61. The van der Waals surface area contributed by atoms with Crippen molar-refractivity contribution in [3.8, 4) is 0 Å². The summed E-state index contributed by atoms with van der Waals surface area (Å²) < 4.78 is 5.13. The van der Waals surface area contributed by atoms with Crippen molar-refractivity contribution in [3.05, 3.63) is 35.4 Å². The highest BCUT2D eigenvalue weighted by Gasteiger charge is 2.10. The van der Waals surface area contributed by atoms with Crippen molar-refractivity contribution in [1.82, 2.24) is 0 Å². The number of rotatable bonds is 3. The van der Waals surface area contributed by atoms with E-state index in [-0.39, 0.29) is 6.10 Å². The molecule has 1 aromatic rings. The predicted molar refractivity (Wildman–Crippen MR) is 55.8 cm³/mol. The first-order chi connectivity index (χ1) is 6.16. The Hall–Kier alpha value is -0.603. The van der Waals surface area contributed by atoms with Crippen LogP contribution in [0.1, 0.15) is 43.9 Å². The molecule has 0 saturated carbocycles. The molecule has 0 aromatic heterocycles. The lowest BCUT2D eigenvalue weighted by Crippen LogP contribution is -2.02. The second kappa shape index (κ2) is 4.58. The molecule has 0 aliphatic carbocycles. The minimum Gasteiger partial charge on any atom is -0.412 e. The minimum atomic E-state index is 0.107. The van der Waals surface area contributed by atoms with E-state index in [0.717, 1.165) is 0 Å². The van der Waals surface area contributed by atoms with Crippen LogP contribution >= 0.6 is 0 Å². The number of hydrogen-bond donors (Lipinski definition) is 0.